The van der Waals surface area contributed by atoms with Crippen molar-refractivity contribution < 1.29 is 14.3 Å². The standard InChI is InChI=1S/C13H26N2O3/c1-9(2)8-10(11(16)15(6)7)18-12(17)14-13(3,4)5/h9-10H,8H2,1-7H3,(H,14,17)/t10-/m0/s1. The van der Waals surface area contributed by atoms with Gasteiger partial charge in [-0.1, -0.05) is 13.8 Å². The van der Waals surface area contributed by atoms with Crippen molar-refractivity contribution in [1.82, 2.24) is 10.2 Å². The number of hydrogen-bond acceptors (Lipinski definition) is 3. The lowest BCUT2D eigenvalue weighted by atomic mass is 10.1. The van der Waals surface area contributed by atoms with Gasteiger partial charge in [-0.3, -0.25) is 4.79 Å². The van der Waals surface area contributed by atoms with Gasteiger partial charge in [0.25, 0.3) is 5.91 Å². The van der Waals surface area contributed by atoms with E-state index in [1.165, 1.54) is 4.90 Å². The van der Waals surface area contributed by atoms with E-state index >= 15 is 0 Å². The van der Waals surface area contributed by atoms with Crippen molar-refractivity contribution in [2.24, 2.45) is 5.92 Å². The zero-order valence-corrected chi connectivity index (χ0v) is 12.5. The van der Waals surface area contributed by atoms with Crippen LogP contribution in [0.5, 0.6) is 0 Å². The molecule has 0 radical (unpaired) electrons. The molecule has 0 heterocycles. The lowest BCUT2D eigenvalue weighted by Gasteiger charge is -2.25. The number of nitrogens with zero attached hydrogens (tertiary/aromatic N) is 1. The first-order valence-electron chi connectivity index (χ1n) is 6.23. The highest BCUT2D eigenvalue weighted by molar-refractivity contribution is 5.83. The molecule has 0 aromatic heterocycles. The third-order valence-corrected chi connectivity index (χ3v) is 2.13. The molecular weight excluding hydrogens is 232 g/mol. The molecule has 0 aromatic carbocycles. The molecule has 2 amide bonds. The summed E-state index contributed by atoms with van der Waals surface area (Å²) in [5, 5.41) is 2.68. The number of alkyl carbamates (subject to hydrolysis) is 1. The Balaban J connectivity index is 4.60. The fraction of sp³-hybridized carbons (Fsp3) is 0.846. The maximum absolute atomic E-state index is 11.9. The molecule has 0 aliphatic carbocycles. The van der Waals surface area contributed by atoms with Crippen molar-refractivity contribution in [1.29, 1.82) is 0 Å². The summed E-state index contributed by atoms with van der Waals surface area (Å²) < 4.78 is 5.22. The summed E-state index contributed by atoms with van der Waals surface area (Å²) in [6.07, 6.45) is -0.750. The van der Waals surface area contributed by atoms with Gasteiger partial charge in [0.05, 0.1) is 0 Å². The second kappa shape index (κ2) is 6.61. The fourth-order valence-corrected chi connectivity index (χ4v) is 1.38. The Bertz CT molecular complexity index is 293. The number of carbonyl (C=O) groups excluding carboxylic acids is 2. The van der Waals surface area contributed by atoms with E-state index in [2.05, 4.69) is 5.32 Å². The van der Waals surface area contributed by atoms with Crippen molar-refractivity contribution in [2.45, 2.75) is 52.7 Å². The number of likely N-dealkylation sites (N-methyl/N-ethyl adjacent to an activating group) is 1. The molecule has 0 aliphatic rings. The first kappa shape index (κ1) is 16.7. The topological polar surface area (TPSA) is 58.6 Å². The van der Waals surface area contributed by atoms with Crippen molar-refractivity contribution in [2.75, 3.05) is 14.1 Å². The van der Waals surface area contributed by atoms with Crippen LogP contribution in [0.2, 0.25) is 0 Å². The van der Waals surface area contributed by atoms with E-state index in [1.54, 1.807) is 14.1 Å². The zero-order valence-electron chi connectivity index (χ0n) is 12.5. The van der Waals surface area contributed by atoms with E-state index < -0.39 is 12.2 Å². The van der Waals surface area contributed by atoms with Gasteiger partial charge in [0.1, 0.15) is 0 Å². The van der Waals surface area contributed by atoms with Crippen LogP contribution in [0.25, 0.3) is 0 Å². The molecule has 18 heavy (non-hydrogen) atoms. The van der Waals surface area contributed by atoms with Crippen LogP contribution in [-0.4, -0.2) is 42.6 Å². The highest BCUT2D eigenvalue weighted by Crippen LogP contribution is 2.11. The Labute approximate surface area is 110 Å². The molecule has 0 fully saturated rings. The van der Waals surface area contributed by atoms with E-state index in [1.807, 2.05) is 34.6 Å². The smallest absolute Gasteiger partial charge is 0.408 e. The number of carbonyl (C=O) groups is 2. The summed E-state index contributed by atoms with van der Waals surface area (Å²) in [6.45, 7) is 9.56. The predicted molar refractivity (Wildman–Crippen MR) is 71.3 cm³/mol. The van der Waals surface area contributed by atoms with Gasteiger partial charge in [-0.2, -0.15) is 0 Å². The average molecular weight is 258 g/mol. The quantitative estimate of drug-likeness (QED) is 0.839. The van der Waals surface area contributed by atoms with Crippen LogP contribution in [0.15, 0.2) is 0 Å². The molecule has 0 bridgehead atoms. The Morgan fingerprint density at radius 1 is 1.22 bits per heavy atom. The summed E-state index contributed by atoms with van der Waals surface area (Å²) >= 11 is 0. The molecule has 0 saturated carbocycles. The van der Waals surface area contributed by atoms with Crippen molar-refractivity contribution in [3.8, 4) is 0 Å². The monoisotopic (exact) mass is 258 g/mol. The minimum Gasteiger partial charge on any atom is -0.436 e. The average Bonchev–Trinajstić information content (AvgIpc) is 2.11. The highest BCUT2D eigenvalue weighted by Gasteiger charge is 2.26. The molecule has 0 saturated heterocycles. The van der Waals surface area contributed by atoms with E-state index in [9.17, 15) is 9.59 Å². The van der Waals surface area contributed by atoms with Crippen LogP contribution < -0.4 is 5.32 Å². The van der Waals surface area contributed by atoms with Crippen LogP contribution in [0.3, 0.4) is 0 Å². The second-order valence-corrected chi connectivity index (χ2v) is 6.13. The summed E-state index contributed by atoms with van der Waals surface area (Å²) in [6, 6.07) is 0. The first-order valence-corrected chi connectivity index (χ1v) is 6.23. The van der Waals surface area contributed by atoms with Crippen LogP contribution in [0.1, 0.15) is 41.0 Å². The van der Waals surface area contributed by atoms with Crippen molar-refractivity contribution in [3.05, 3.63) is 0 Å². The van der Waals surface area contributed by atoms with Gasteiger partial charge in [0.15, 0.2) is 6.10 Å². The van der Waals surface area contributed by atoms with E-state index in [4.69, 9.17) is 4.74 Å². The van der Waals surface area contributed by atoms with E-state index in [-0.39, 0.29) is 17.4 Å². The van der Waals surface area contributed by atoms with Crippen molar-refractivity contribution in [3.63, 3.8) is 0 Å². The Kier molecular flexibility index (Phi) is 6.15. The second-order valence-electron chi connectivity index (χ2n) is 6.13. The van der Waals surface area contributed by atoms with Gasteiger partial charge in [-0.25, -0.2) is 4.79 Å². The Morgan fingerprint density at radius 3 is 2.06 bits per heavy atom. The van der Waals surface area contributed by atoms with Crippen LogP contribution in [0.4, 0.5) is 4.79 Å². The molecule has 106 valence electrons. The van der Waals surface area contributed by atoms with Gasteiger partial charge < -0.3 is 15.0 Å². The van der Waals surface area contributed by atoms with Crippen LogP contribution in [0, 0.1) is 5.92 Å². The largest absolute Gasteiger partial charge is 0.436 e. The number of ether oxygens (including phenoxy) is 1. The zero-order chi connectivity index (χ0) is 14.5. The Hall–Kier alpha value is -1.26. The van der Waals surface area contributed by atoms with Crippen LogP contribution in [-0.2, 0) is 9.53 Å². The first-order chi connectivity index (χ1) is 8.03. The molecule has 5 heteroatoms. The maximum atomic E-state index is 11.9. The molecule has 0 rings (SSSR count). The fourth-order valence-electron chi connectivity index (χ4n) is 1.38. The van der Waals surface area contributed by atoms with Gasteiger partial charge in [0, 0.05) is 19.6 Å². The van der Waals surface area contributed by atoms with Gasteiger partial charge in [0.2, 0.25) is 0 Å². The molecule has 1 atom stereocenters. The van der Waals surface area contributed by atoms with E-state index in [0.29, 0.717) is 6.42 Å². The molecular formula is C13H26N2O3. The molecule has 0 aliphatic heterocycles. The summed E-state index contributed by atoms with van der Waals surface area (Å²) in [4.78, 5) is 25.0. The predicted octanol–water partition coefficient (Wildman–Crippen LogP) is 2.01. The molecule has 1 N–H and O–H groups in total. The molecule has 5 nitrogen and oxygen atoms in total. The lowest BCUT2D eigenvalue weighted by Crippen LogP contribution is -2.45. The lowest BCUT2D eigenvalue weighted by molar-refractivity contribution is -0.138. The van der Waals surface area contributed by atoms with Crippen molar-refractivity contribution >= 4 is 12.0 Å². The Morgan fingerprint density at radius 2 is 1.72 bits per heavy atom. The minimum absolute atomic E-state index is 0.187. The SMILES string of the molecule is CC(C)C[C@H](OC(=O)NC(C)(C)C)C(=O)N(C)C. The number of amides is 2. The summed E-state index contributed by atoms with van der Waals surface area (Å²) in [5.41, 5.74) is -0.374. The van der Waals surface area contributed by atoms with Gasteiger partial charge in [-0.15, -0.1) is 0 Å². The molecule has 0 spiro atoms. The van der Waals surface area contributed by atoms with Gasteiger partial charge >= 0.3 is 6.09 Å². The number of rotatable bonds is 4. The number of nitrogens with one attached hydrogen (secondary N) is 1. The molecule has 0 aromatic rings. The summed E-state index contributed by atoms with van der Waals surface area (Å²) in [7, 11) is 3.31. The van der Waals surface area contributed by atoms with Crippen LogP contribution >= 0.6 is 0 Å². The highest BCUT2D eigenvalue weighted by atomic mass is 16.6. The molecule has 0 unspecified atom stereocenters. The summed E-state index contributed by atoms with van der Waals surface area (Å²) in [5.74, 6) is 0.0918. The minimum atomic E-state index is -0.720. The normalized spacial score (nSPS) is 13.1. The third-order valence-electron chi connectivity index (χ3n) is 2.13. The maximum Gasteiger partial charge on any atom is 0.408 e. The van der Waals surface area contributed by atoms with Gasteiger partial charge in [-0.05, 0) is 33.1 Å². The number of hydrogen-bond donors (Lipinski definition) is 1. The van der Waals surface area contributed by atoms with E-state index in [0.717, 1.165) is 0 Å². The third kappa shape index (κ3) is 7.14.